The van der Waals surface area contributed by atoms with Crippen molar-refractivity contribution in [2.45, 2.75) is 69.9 Å². The minimum absolute atomic E-state index is 0.128. The third kappa shape index (κ3) is 4.46. The number of carbonyl (C=O) groups is 1. The summed E-state index contributed by atoms with van der Waals surface area (Å²) in [6.45, 7) is 3.76. The normalized spacial score (nSPS) is 25.8. The second-order valence-electron chi connectivity index (χ2n) is 6.41. The van der Waals surface area contributed by atoms with Gasteiger partial charge in [-0.05, 0) is 38.5 Å². The second kappa shape index (κ2) is 6.71. The fourth-order valence-electron chi connectivity index (χ4n) is 3.39. The van der Waals surface area contributed by atoms with E-state index in [9.17, 15) is 4.79 Å². The lowest BCUT2D eigenvalue weighted by Gasteiger charge is -2.34. The predicted molar refractivity (Wildman–Crippen MR) is 75.8 cm³/mol. The molecule has 1 atom stereocenters. The third-order valence-electron chi connectivity index (χ3n) is 4.72. The molecule has 4 nitrogen and oxygen atoms in total. The number of ether oxygens (including phenoxy) is 1. The quantitative estimate of drug-likeness (QED) is 0.819. The Morgan fingerprint density at radius 2 is 1.95 bits per heavy atom. The molecule has 2 fully saturated rings. The summed E-state index contributed by atoms with van der Waals surface area (Å²) in [4.78, 5) is 12.1. The third-order valence-corrected chi connectivity index (χ3v) is 4.72. The van der Waals surface area contributed by atoms with E-state index in [1.54, 1.807) is 0 Å². The first-order valence-electron chi connectivity index (χ1n) is 7.75. The minimum Gasteiger partial charge on any atom is -0.381 e. The van der Waals surface area contributed by atoms with Crippen LogP contribution in [0, 0.1) is 5.92 Å². The molecule has 19 heavy (non-hydrogen) atoms. The van der Waals surface area contributed by atoms with Crippen LogP contribution in [0.4, 0.5) is 0 Å². The SMILES string of the molecule is CC(NC(=O)CC1(N)CCCCC1)C1CCOCC1. The highest BCUT2D eigenvalue weighted by Gasteiger charge is 2.31. The van der Waals surface area contributed by atoms with Crippen LogP contribution in [0.2, 0.25) is 0 Å². The van der Waals surface area contributed by atoms with E-state index in [-0.39, 0.29) is 17.5 Å². The monoisotopic (exact) mass is 268 g/mol. The lowest BCUT2D eigenvalue weighted by Crippen LogP contribution is -2.48. The van der Waals surface area contributed by atoms with Gasteiger partial charge in [0.25, 0.3) is 0 Å². The van der Waals surface area contributed by atoms with E-state index in [1.807, 2.05) is 0 Å². The number of rotatable bonds is 4. The molecule has 1 aliphatic carbocycles. The Kier molecular flexibility index (Phi) is 5.22. The number of carbonyl (C=O) groups excluding carboxylic acids is 1. The van der Waals surface area contributed by atoms with Gasteiger partial charge < -0.3 is 15.8 Å². The van der Waals surface area contributed by atoms with Crippen LogP contribution in [0.25, 0.3) is 0 Å². The average Bonchev–Trinajstić information content (AvgIpc) is 2.39. The van der Waals surface area contributed by atoms with Crippen LogP contribution in [0.15, 0.2) is 0 Å². The summed E-state index contributed by atoms with van der Waals surface area (Å²) in [5.41, 5.74) is 6.08. The van der Waals surface area contributed by atoms with Gasteiger partial charge in [-0.1, -0.05) is 19.3 Å². The van der Waals surface area contributed by atoms with E-state index in [0.29, 0.717) is 12.3 Å². The van der Waals surface area contributed by atoms with Crippen molar-refractivity contribution in [2.24, 2.45) is 11.7 Å². The van der Waals surface area contributed by atoms with Gasteiger partial charge in [-0.3, -0.25) is 4.79 Å². The smallest absolute Gasteiger partial charge is 0.222 e. The summed E-state index contributed by atoms with van der Waals surface area (Å²) in [7, 11) is 0. The second-order valence-corrected chi connectivity index (χ2v) is 6.41. The first kappa shape index (κ1) is 14.8. The molecule has 2 rings (SSSR count). The van der Waals surface area contributed by atoms with Gasteiger partial charge >= 0.3 is 0 Å². The molecule has 0 aromatic carbocycles. The summed E-state index contributed by atoms with van der Waals surface area (Å²) in [6, 6.07) is 0.239. The Morgan fingerprint density at radius 1 is 1.32 bits per heavy atom. The molecule has 1 heterocycles. The van der Waals surface area contributed by atoms with Crippen molar-refractivity contribution >= 4 is 5.91 Å². The summed E-state index contributed by atoms with van der Waals surface area (Å²) in [6.07, 6.45) is 8.17. The molecule has 0 bridgehead atoms. The summed E-state index contributed by atoms with van der Waals surface area (Å²) >= 11 is 0. The fourth-order valence-corrected chi connectivity index (χ4v) is 3.39. The molecule has 0 aromatic heterocycles. The Hall–Kier alpha value is -0.610. The van der Waals surface area contributed by atoms with Crippen LogP contribution in [-0.4, -0.2) is 30.7 Å². The zero-order valence-corrected chi connectivity index (χ0v) is 12.1. The van der Waals surface area contributed by atoms with Crippen LogP contribution < -0.4 is 11.1 Å². The van der Waals surface area contributed by atoms with Gasteiger partial charge in [0.2, 0.25) is 5.91 Å². The molecule has 1 aliphatic heterocycles. The molecule has 2 aliphatic rings. The Morgan fingerprint density at radius 3 is 2.58 bits per heavy atom. The van der Waals surface area contributed by atoms with Crippen molar-refractivity contribution in [1.82, 2.24) is 5.32 Å². The molecular formula is C15H28N2O2. The highest BCUT2D eigenvalue weighted by molar-refractivity contribution is 5.77. The summed E-state index contributed by atoms with van der Waals surface area (Å²) in [5.74, 6) is 0.682. The molecule has 1 saturated heterocycles. The van der Waals surface area contributed by atoms with E-state index in [0.717, 1.165) is 38.9 Å². The molecule has 1 amide bonds. The van der Waals surface area contributed by atoms with E-state index >= 15 is 0 Å². The highest BCUT2D eigenvalue weighted by Crippen LogP contribution is 2.28. The molecular weight excluding hydrogens is 240 g/mol. The molecule has 1 unspecified atom stereocenters. The van der Waals surface area contributed by atoms with Crippen molar-refractivity contribution in [1.29, 1.82) is 0 Å². The average molecular weight is 268 g/mol. The zero-order chi connectivity index (χ0) is 13.7. The molecule has 110 valence electrons. The predicted octanol–water partition coefficient (Wildman–Crippen LogP) is 1.97. The number of nitrogens with one attached hydrogen (secondary N) is 1. The molecule has 3 N–H and O–H groups in total. The number of hydrogen-bond donors (Lipinski definition) is 2. The Bertz CT molecular complexity index is 295. The highest BCUT2D eigenvalue weighted by atomic mass is 16.5. The maximum Gasteiger partial charge on any atom is 0.222 e. The van der Waals surface area contributed by atoms with Gasteiger partial charge in [0.1, 0.15) is 0 Å². The first-order chi connectivity index (χ1) is 9.09. The van der Waals surface area contributed by atoms with Gasteiger partial charge in [-0.25, -0.2) is 0 Å². The summed E-state index contributed by atoms with van der Waals surface area (Å²) in [5, 5.41) is 3.15. The molecule has 1 saturated carbocycles. The fraction of sp³-hybridized carbons (Fsp3) is 0.933. The van der Waals surface area contributed by atoms with Crippen LogP contribution in [0.5, 0.6) is 0 Å². The van der Waals surface area contributed by atoms with Crippen LogP contribution in [0.3, 0.4) is 0 Å². The first-order valence-corrected chi connectivity index (χ1v) is 7.75. The Labute approximate surface area is 116 Å². The largest absolute Gasteiger partial charge is 0.381 e. The van der Waals surface area contributed by atoms with E-state index in [4.69, 9.17) is 10.5 Å². The lowest BCUT2D eigenvalue weighted by atomic mass is 9.80. The van der Waals surface area contributed by atoms with E-state index < -0.39 is 0 Å². The molecule has 0 aromatic rings. The van der Waals surface area contributed by atoms with E-state index in [2.05, 4.69) is 12.2 Å². The van der Waals surface area contributed by atoms with Crippen molar-refractivity contribution < 1.29 is 9.53 Å². The lowest BCUT2D eigenvalue weighted by molar-refractivity contribution is -0.123. The van der Waals surface area contributed by atoms with Gasteiger partial charge in [-0.15, -0.1) is 0 Å². The number of amides is 1. The topological polar surface area (TPSA) is 64.4 Å². The van der Waals surface area contributed by atoms with Crippen molar-refractivity contribution in [3.63, 3.8) is 0 Å². The molecule has 0 radical (unpaired) electrons. The van der Waals surface area contributed by atoms with Crippen molar-refractivity contribution in [2.75, 3.05) is 13.2 Å². The standard InChI is InChI=1S/C15H28N2O2/c1-12(13-5-9-19-10-6-13)17-14(18)11-15(16)7-3-2-4-8-15/h12-13H,2-11,16H2,1H3,(H,17,18). The van der Waals surface area contributed by atoms with Crippen LogP contribution >= 0.6 is 0 Å². The number of hydrogen-bond acceptors (Lipinski definition) is 3. The van der Waals surface area contributed by atoms with Gasteiger partial charge in [0.05, 0.1) is 0 Å². The van der Waals surface area contributed by atoms with Crippen molar-refractivity contribution in [3.05, 3.63) is 0 Å². The zero-order valence-electron chi connectivity index (χ0n) is 12.1. The maximum absolute atomic E-state index is 12.1. The molecule has 0 spiro atoms. The van der Waals surface area contributed by atoms with E-state index in [1.165, 1.54) is 19.3 Å². The molecule has 4 heteroatoms. The summed E-state index contributed by atoms with van der Waals surface area (Å²) < 4.78 is 5.36. The maximum atomic E-state index is 12.1. The van der Waals surface area contributed by atoms with Crippen LogP contribution in [0.1, 0.15) is 58.3 Å². The Balaban J connectivity index is 1.76. The van der Waals surface area contributed by atoms with Gasteiger partial charge in [0, 0.05) is 31.2 Å². The van der Waals surface area contributed by atoms with Crippen molar-refractivity contribution in [3.8, 4) is 0 Å². The van der Waals surface area contributed by atoms with Gasteiger partial charge in [0.15, 0.2) is 0 Å². The van der Waals surface area contributed by atoms with Gasteiger partial charge in [-0.2, -0.15) is 0 Å². The minimum atomic E-state index is -0.252. The number of nitrogens with two attached hydrogens (primary N) is 1. The van der Waals surface area contributed by atoms with Crippen LogP contribution in [-0.2, 0) is 9.53 Å².